The number of H-pyrrole nitrogens is 1. The van der Waals surface area contributed by atoms with Crippen LogP contribution in [0.25, 0.3) is 16.8 Å². The second kappa shape index (κ2) is 2.83. The molecule has 0 aliphatic heterocycles. The van der Waals surface area contributed by atoms with Gasteiger partial charge in [-0.05, 0) is 12.1 Å². The van der Waals surface area contributed by atoms with Gasteiger partial charge in [-0.3, -0.25) is 9.20 Å². The minimum absolute atomic E-state index is 0. The van der Waals surface area contributed by atoms with Gasteiger partial charge in [0.25, 0.3) is 5.56 Å². The summed E-state index contributed by atoms with van der Waals surface area (Å²) >= 11 is 0. The van der Waals surface area contributed by atoms with Crippen LogP contribution in [0.4, 0.5) is 0 Å². The number of nitrogens with zero attached hydrogens (tertiary/aromatic N) is 2. The third-order valence-corrected chi connectivity index (χ3v) is 2.00. The van der Waals surface area contributed by atoms with Gasteiger partial charge < -0.3 is 4.98 Å². The van der Waals surface area contributed by atoms with Crippen molar-refractivity contribution in [1.29, 1.82) is 0 Å². The Labute approximate surface area is 95.2 Å². The van der Waals surface area contributed by atoms with Crippen LogP contribution < -0.4 is 5.56 Å². The average molecular weight is 182 g/mol. The molecule has 5 heteroatoms. The van der Waals surface area contributed by atoms with Crippen molar-refractivity contribution < 1.29 is 0 Å². The SMILES string of the molecule is O=c1[nH]c2cccc3ncc1n32.[Na]. The van der Waals surface area contributed by atoms with Gasteiger partial charge in [0.05, 0.1) is 6.20 Å². The van der Waals surface area contributed by atoms with Crippen molar-refractivity contribution in [3.8, 4) is 0 Å². The van der Waals surface area contributed by atoms with Crippen LogP contribution in [0, 0.1) is 0 Å². The third kappa shape index (κ3) is 1.03. The molecule has 0 aliphatic rings. The maximum absolute atomic E-state index is 11.2. The van der Waals surface area contributed by atoms with Crippen molar-refractivity contribution in [2.24, 2.45) is 0 Å². The van der Waals surface area contributed by atoms with Gasteiger partial charge in [-0.2, -0.15) is 0 Å². The normalized spacial score (nSPS) is 10.8. The molecule has 0 unspecified atom stereocenters. The van der Waals surface area contributed by atoms with Gasteiger partial charge in [-0.15, -0.1) is 0 Å². The van der Waals surface area contributed by atoms with E-state index in [-0.39, 0.29) is 35.1 Å². The molecular formula is C8H5N3NaO. The Morgan fingerprint density at radius 2 is 2.23 bits per heavy atom. The zero-order chi connectivity index (χ0) is 8.13. The van der Waals surface area contributed by atoms with E-state index in [9.17, 15) is 4.79 Å². The molecule has 3 aromatic heterocycles. The summed E-state index contributed by atoms with van der Waals surface area (Å²) in [7, 11) is 0. The molecule has 3 heterocycles. The summed E-state index contributed by atoms with van der Waals surface area (Å²) in [5.41, 5.74) is 2.13. The molecule has 1 N–H and O–H groups in total. The Bertz CT molecular complexity index is 597. The van der Waals surface area contributed by atoms with Crippen molar-refractivity contribution in [2.45, 2.75) is 0 Å². The maximum atomic E-state index is 11.2. The molecule has 0 aromatic carbocycles. The molecular weight excluding hydrogens is 177 g/mol. The summed E-state index contributed by atoms with van der Waals surface area (Å²) in [5, 5.41) is 0. The fourth-order valence-electron chi connectivity index (χ4n) is 1.47. The summed E-state index contributed by atoms with van der Waals surface area (Å²) in [5.74, 6) is 0. The monoisotopic (exact) mass is 182 g/mol. The fourth-order valence-corrected chi connectivity index (χ4v) is 1.47. The number of aromatic amines is 1. The van der Waals surface area contributed by atoms with Crippen molar-refractivity contribution in [2.75, 3.05) is 0 Å². The summed E-state index contributed by atoms with van der Waals surface area (Å²) < 4.78 is 1.81. The number of hydrogen-bond acceptors (Lipinski definition) is 2. The molecule has 0 aliphatic carbocycles. The minimum Gasteiger partial charge on any atom is -0.306 e. The van der Waals surface area contributed by atoms with E-state index in [1.165, 1.54) is 0 Å². The maximum Gasteiger partial charge on any atom is 0.275 e. The summed E-state index contributed by atoms with van der Waals surface area (Å²) in [4.78, 5) is 18.1. The van der Waals surface area contributed by atoms with E-state index < -0.39 is 0 Å². The van der Waals surface area contributed by atoms with Crippen LogP contribution in [0.2, 0.25) is 0 Å². The van der Waals surface area contributed by atoms with E-state index in [1.807, 2.05) is 22.6 Å². The zero-order valence-corrected chi connectivity index (χ0v) is 9.11. The first-order valence-corrected chi connectivity index (χ1v) is 3.64. The molecule has 0 saturated heterocycles. The molecule has 0 amide bonds. The summed E-state index contributed by atoms with van der Waals surface area (Å²) in [6, 6.07) is 5.59. The second-order valence-electron chi connectivity index (χ2n) is 2.70. The van der Waals surface area contributed by atoms with Crippen LogP contribution in [-0.4, -0.2) is 43.9 Å². The molecule has 3 aromatic rings. The van der Waals surface area contributed by atoms with Crippen LogP contribution in [0.5, 0.6) is 0 Å². The fraction of sp³-hybridized carbons (Fsp3) is 0. The standard InChI is InChI=1S/C8H5N3O.Na/c12-8-5-4-9-6-2-1-3-7(10-8)11(5)6;/h1-4H,(H,10,12);. The van der Waals surface area contributed by atoms with Gasteiger partial charge >= 0.3 is 0 Å². The Kier molecular flexibility index (Phi) is 1.91. The van der Waals surface area contributed by atoms with Crippen molar-refractivity contribution in [1.82, 2.24) is 14.4 Å². The van der Waals surface area contributed by atoms with Crippen molar-refractivity contribution in [3.05, 3.63) is 34.7 Å². The van der Waals surface area contributed by atoms with Crippen molar-refractivity contribution >= 4 is 46.4 Å². The predicted molar refractivity (Wildman–Crippen MR) is 50.3 cm³/mol. The Morgan fingerprint density at radius 1 is 1.38 bits per heavy atom. The Hall–Kier alpha value is -0.840. The first kappa shape index (κ1) is 8.74. The molecule has 4 nitrogen and oxygen atoms in total. The van der Waals surface area contributed by atoms with Gasteiger partial charge in [0.1, 0.15) is 16.8 Å². The number of rotatable bonds is 0. The van der Waals surface area contributed by atoms with E-state index in [4.69, 9.17) is 0 Å². The van der Waals surface area contributed by atoms with E-state index in [0.29, 0.717) is 5.52 Å². The Morgan fingerprint density at radius 3 is 3.08 bits per heavy atom. The smallest absolute Gasteiger partial charge is 0.275 e. The molecule has 13 heavy (non-hydrogen) atoms. The van der Waals surface area contributed by atoms with Gasteiger partial charge in [0, 0.05) is 29.6 Å². The molecule has 0 spiro atoms. The molecule has 59 valence electrons. The van der Waals surface area contributed by atoms with E-state index in [1.54, 1.807) is 6.20 Å². The number of nitrogens with one attached hydrogen (secondary N) is 1. The van der Waals surface area contributed by atoms with Crippen LogP contribution in [0.3, 0.4) is 0 Å². The summed E-state index contributed by atoms with van der Waals surface area (Å²) in [6.07, 6.45) is 1.58. The topological polar surface area (TPSA) is 50.2 Å². The Balaban J connectivity index is 0.000000653. The first-order chi connectivity index (χ1) is 5.86. The van der Waals surface area contributed by atoms with Gasteiger partial charge in [0.2, 0.25) is 0 Å². The molecule has 0 saturated carbocycles. The number of aromatic nitrogens is 3. The van der Waals surface area contributed by atoms with Crippen molar-refractivity contribution in [3.63, 3.8) is 0 Å². The van der Waals surface area contributed by atoms with E-state index >= 15 is 0 Å². The molecule has 3 rings (SSSR count). The number of hydrogen-bond donors (Lipinski definition) is 1. The number of imidazole rings is 2. The first-order valence-electron chi connectivity index (χ1n) is 3.64. The molecule has 0 bridgehead atoms. The predicted octanol–water partition coefficient (Wildman–Crippen LogP) is 0.233. The molecule has 1 radical (unpaired) electrons. The molecule has 0 atom stereocenters. The van der Waals surface area contributed by atoms with Gasteiger partial charge in [-0.25, -0.2) is 4.98 Å². The third-order valence-electron chi connectivity index (χ3n) is 2.00. The van der Waals surface area contributed by atoms with E-state index in [0.717, 1.165) is 11.3 Å². The zero-order valence-electron chi connectivity index (χ0n) is 7.11. The minimum atomic E-state index is -0.0799. The van der Waals surface area contributed by atoms with Crippen LogP contribution in [0.1, 0.15) is 0 Å². The number of pyridine rings is 1. The van der Waals surface area contributed by atoms with Gasteiger partial charge in [0.15, 0.2) is 0 Å². The summed E-state index contributed by atoms with van der Waals surface area (Å²) in [6.45, 7) is 0. The average Bonchev–Trinajstić information content (AvgIpc) is 2.60. The quantitative estimate of drug-likeness (QED) is 0.506. The van der Waals surface area contributed by atoms with Crippen LogP contribution in [0.15, 0.2) is 29.2 Å². The second-order valence-corrected chi connectivity index (χ2v) is 2.70. The largest absolute Gasteiger partial charge is 0.306 e. The van der Waals surface area contributed by atoms with Crippen LogP contribution in [-0.2, 0) is 0 Å². The van der Waals surface area contributed by atoms with Crippen LogP contribution >= 0.6 is 0 Å². The van der Waals surface area contributed by atoms with E-state index in [2.05, 4.69) is 9.97 Å². The van der Waals surface area contributed by atoms with Gasteiger partial charge in [-0.1, -0.05) is 6.07 Å². The molecule has 0 fully saturated rings.